The molecule has 7 nitrogen and oxygen atoms in total. The second-order valence-electron chi connectivity index (χ2n) is 6.65. The van der Waals surface area contributed by atoms with Crippen molar-refractivity contribution in [1.29, 1.82) is 0 Å². The average Bonchev–Trinajstić information content (AvgIpc) is 3.06. The number of nitrogens with zero attached hydrogens (tertiary/aromatic N) is 1. The van der Waals surface area contributed by atoms with Crippen molar-refractivity contribution >= 4 is 21.9 Å². The Balaban J connectivity index is 2.17. The summed E-state index contributed by atoms with van der Waals surface area (Å²) in [5.41, 5.74) is -0.635. The summed E-state index contributed by atoms with van der Waals surface area (Å²) >= 11 is 0. The molecule has 1 atom stereocenters. The van der Waals surface area contributed by atoms with Crippen molar-refractivity contribution in [2.24, 2.45) is 11.3 Å². The molecule has 1 aliphatic rings. The molecule has 1 heterocycles. The van der Waals surface area contributed by atoms with E-state index in [-0.39, 0.29) is 29.8 Å². The lowest BCUT2D eigenvalue weighted by Crippen LogP contribution is -2.40. The fraction of sp³-hybridized carbons (Fsp3) is 0.444. The van der Waals surface area contributed by atoms with Crippen LogP contribution in [-0.4, -0.2) is 49.9 Å². The molecule has 0 aromatic heterocycles. The van der Waals surface area contributed by atoms with Gasteiger partial charge < -0.3 is 10.0 Å². The second-order valence-corrected chi connectivity index (χ2v) is 8.41. The molecule has 0 spiro atoms. The van der Waals surface area contributed by atoms with Crippen LogP contribution in [-0.2, 0) is 14.8 Å². The number of terminal acetylenes is 1. The van der Waals surface area contributed by atoms with Crippen molar-refractivity contribution in [2.75, 3.05) is 19.6 Å². The fourth-order valence-electron chi connectivity index (χ4n) is 3.08. The average molecular weight is 378 g/mol. The van der Waals surface area contributed by atoms with Gasteiger partial charge in [0, 0.05) is 18.7 Å². The zero-order valence-corrected chi connectivity index (χ0v) is 15.5. The van der Waals surface area contributed by atoms with Crippen LogP contribution in [0.2, 0.25) is 0 Å². The van der Waals surface area contributed by atoms with Gasteiger partial charge in [0.15, 0.2) is 0 Å². The van der Waals surface area contributed by atoms with Gasteiger partial charge in [-0.3, -0.25) is 9.59 Å². The highest BCUT2D eigenvalue weighted by Crippen LogP contribution is 2.38. The number of aliphatic carboxylic acids is 1. The van der Waals surface area contributed by atoms with E-state index in [1.54, 1.807) is 0 Å². The van der Waals surface area contributed by atoms with Crippen molar-refractivity contribution < 1.29 is 23.1 Å². The predicted octanol–water partition coefficient (Wildman–Crippen LogP) is 1.17. The van der Waals surface area contributed by atoms with E-state index in [0.717, 1.165) is 0 Å². The van der Waals surface area contributed by atoms with Crippen LogP contribution in [0.3, 0.4) is 0 Å². The van der Waals surface area contributed by atoms with Crippen LogP contribution in [0.1, 0.15) is 30.6 Å². The number of likely N-dealkylation sites (tertiary alicyclic amines) is 1. The number of amides is 1. The number of benzene rings is 1. The number of carbonyl (C=O) groups is 2. The first-order valence-corrected chi connectivity index (χ1v) is 9.68. The van der Waals surface area contributed by atoms with Crippen molar-refractivity contribution in [3.8, 4) is 12.3 Å². The van der Waals surface area contributed by atoms with E-state index in [9.17, 15) is 23.1 Å². The van der Waals surface area contributed by atoms with Gasteiger partial charge in [0.2, 0.25) is 10.0 Å². The highest BCUT2D eigenvalue weighted by Gasteiger charge is 2.48. The van der Waals surface area contributed by atoms with Gasteiger partial charge in [-0.05, 0) is 36.6 Å². The molecule has 1 aromatic rings. The minimum Gasteiger partial charge on any atom is -0.481 e. The van der Waals surface area contributed by atoms with Crippen LogP contribution >= 0.6 is 0 Å². The Morgan fingerprint density at radius 3 is 2.42 bits per heavy atom. The molecule has 2 rings (SSSR count). The van der Waals surface area contributed by atoms with Crippen LogP contribution < -0.4 is 4.72 Å². The van der Waals surface area contributed by atoms with Gasteiger partial charge in [0.1, 0.15) is 0 Å². The second kappa shape index (κ2) is 7.48. The molecular formula is C18H22N2O5S. The van der Waals surface area contributed by atoms with Gasteiger partial charge in [-0.2, -0.15) is 4.72 Å². The monoisotopic (exact) mass is 378 g/mol. The summed E-state index contributed by atoms with van der Waals surface area (Å²) in [6.45, 7) is 4.05. The van der Waals surface area contributed by atoms with E-state index in [0.29, 0.717) is 18.5 Å². The number of carbonyl (C=O) groups excluding carboxylic acids is 1. The van der Waals surface area contributed by atoms with Gasteiger partial charge in [-0.15, -0.1) is 6.42 Å². The molecule has 1 amide bonds. The standard InChI is InChI=1S/C18H22N2O5S/c1-4-10-19-26(24,25)15-7-5-14(6-8-15)16(21)20-11-9-18(12-20,13(2)3)17(22)23/h1,5-8,13,19H,9-12H2,2-3H3,(H,22,23). The molecule has 0 radical (unpaired) electrons. The smallest absolute Gasteiger partial charge is 0.311 e. The number of carboxylic acid groups (broad SMARTS) is 1. The van der Waals surface area contributed by atoms with Gasteiger partial charge in [-0.25, -0.2) is 8.42 Å². The Bertz CT molecular complexity index is 839. The zero-order valence-electron chi connectivity index (χ0n) is 14.7. The van der Waals surface area contributed by atoms with Crippen molar-refractivity contribution in [3.63, 3.8) is 0 Å². The Morgan fingerprint density at radius 2 is 1.96 bits per heavy atom. The van der Waals surface area contributed by atoms with E-state index in [1.165, 1.54) is 29.2 Å². The Morgan fingerprint density at radius 1 is 1.35 bits per heavy atom. The molecule has 140 valence electrons. The minimum absolute atomic E-state index is 0.00721. The third kappa shape index (κ3) is 3.74. The lowest BCUT2D eigenvalue weighted by Gasteiger charge is -2.28. The predicted molar refractivity (Wildman–Crippen MR) is 95.9 cm³/mol. The minimum atomic E-state index is -3.72. The summed E-state index contributed by atoms with van der Waals surface area (Å²) in [5, 5.41) is 9.58. The summed E-state index contributed by atoms with van der Waals surface area (Å²) in [7, 11) is -3.72. The highest BCUT2D eigenvalue weighted by molar-refractivity contribution is 7.89. The SMILES string of the molecule is C#CCNS(=O)(=O)c1ccc(C(=O)N2CCC(C(=O)O)(C(C)C)C2)cc1. The van der Waals surface area contributed by atoms with Crippen molar-refractivity contribution in [1.82, 2.24) is 9.62 Å². The molecule has 1 unspecified atom stereocenters. The van der Waals surface area contributed by atoms with E-state index < -0.39 is 21.4 Å². The Kier molecular flexibility index (Phi) is 5.74. The largest absolute Gasteiger partial charge is 0.481 e. The van der Waals surface area contributed by atoms with Crippen molar-refractivity contribution in [3.05, 3.63) is 29.8 Å². The summed E-state index contributed by atoms with van der Waals surface area (Å²) in [6.07, 6.45) is 5.44. The first kappa shape index (κ1) is 19.9. The lowest BCUT2D eigenvalue weighted by molar-refractivity contribution is -0.150. The number of hydrogen-bond donors (Lipinski definition) is 2. The molecule has 1 aliphatic heterocycles. The topological polar surface area (TPSA) is 104 Å². The van der Waals surface area contributed by atoms with Crippen molar-refractivity contribution in [2.45, 2.75) is 25.2 Å². The quantitative estimate of drug-likeness (QED) is 0.723. The molecule has 1 saturated heterocycles. The van der Waals surface area contributed by atoms with Gasteiger partial charge in [0.05, 0.1) is 16.9 Å². The Hall–Kier alpha value is -2.37. The molecule has 26 heavy (non-hydrogen) atoms. The van der Waals surface area contributed by atoms with Crippen LogP contribution in [0.4, 0.5) is 0 Å². The summed E-state index contributed by atoms with van der Waals surface area (Å²) in [5.74, 6) is 0.873. The summed E-state index contributed by atoms with van der Waals surface area (Å²) in [6, 6.07) is 5.50. The van der Waals surface area contributed by atoms with E-state index in [1.807, 2.05) is 13.8 Å². The molecule has 8 heteroatoms. The maximum Gasteiger partial charge on any atom is 0.311 e. The zero-order chi connectivity index (χ0) is 19.5. The van der Waals surface area contributed by atoms with Gasteiger partial charge in [0.25, 0.3) is 5.91 Å². The van der Waals surface area contributed by atoms with E-state index in [4.69, 9.17) is 6.42 Å². The molecule has 0 aliphatic carbocycles. The number of sulfonamides is 1. The summed E-state index contributed by atoms with van der Waals surface area (Å²) in [4.78, 5) is 25.9. The number of rotatable bonds is 6. The number of hydrogen-bond acceptors (Lipinski definition) is 4. The van der Waals surface area contributed by atoms with Crippen LogP contribution in [0.25, 0.3) is 0 Å². The molecule has 1 fully saturated rings. The van der Waals surface area contributed by atoms with Gasteiger partial charge >= 0.3 is 5.97 Å². The van der Waals surface area contributed by atoms with E-state index >= 15 is 0 Å². The highest BCUT2D eigenvalue weighted by atomic mass is 32.2. The summed E-state index contributed by atoms with van der Waals surface area (Å²) < 4.78 is 26.2. The maximum atomic E-state index is 12.7. The third-order valence-corrected chi connectivity index (χ3v) is 6.31. The molecular weight excluding hydrogens is 356 g/mol. The molecule has 1 aromatic carbocycles. The first-order valence-electron chi connectivity index (χ1n) is 8.20. The normalized spacial score (nSPS) is 20.2. The first-order chi connectivity index (χ1) is 12.1. The fourth-order valence-corrected chi connectivity index (χ4v) is 4.01. The lowest BCUT2D eigenvalue weighted by atomic mass is 9.76. The molecule has 0 bridgehead atoms. The molecule has 2 N–H and O–H groups in total. The Labute approximate surface area is 153 Å². The van der Waals surface area contributed by atoms with Crippen LogP contribution in [0.15, 0.2) is 29.2 Å². The maximum absolute atomic E-state index is 12.7. The van der Waals surface area contributed by atoms with Crippen LogP contribution in [0, 0.1) is 23.7 Å². The van der Waals surface area contributed by atoms with E-state index in [2.05, 4.69) is 10.6 Å². The third-order valence-electron chi connectivity index (χ3n) is 4.89. The van der Waals surface area contributed by atoms with Gasteiger partial charge in [-0.1, -0.05) is 19.8 Å². The number of nitrogens with one attached hydrogen (secondary N) is 1. The van der Waals surface area contributed by atoms with Crippen LogP contribution in [0.5, 0.6) is 0 Å². The molecule has 0 saturated carbocycles. The number of carboxylic acids is 1.